The van der Waals surface area contributed by atoms with Gasteiger partial charge in [-0.15, -0.1) is 11.3 Å². The lowest BCUT2D eigenvalue weighted by atomic mass is 10.2. The largest absolute Gasteiger partial charge is 0.494 e. The van der Waals surface area contributed by atoms with Crippen molar-refractivity contribution in [3.63, 3.8) is 0 Å². The van der Waals surface area contributed by atoms with Gasteiger partial charge in [0.25, 0.3) is 0 Å². The topological polar surface area (TPSA) is 34.1 Å². The van der Waals surface area contributed by atoms with Crippen molar-refractivity contribution in [2.75, 3.05) is 6.61 Å². The number of thiazole rings is 1. The molecule has 2 aromatic rings. The van der Waals surface area contributed by atoms with Crippen LogP contribution in [0.2, 0.25) is 0 Å². The summed E-state index contributed by atoms with van der Waals surface area (Å²) >= 11 is 1.77. The van der Waals surface area contributed by atoms with Crippen LogP contribution in [0.5, 0.6) is 5.75 Å². The highest BCUT2D eigenvalue weighted by atomic mass is 32.1. The van der Waals surface area contributed by atoms with Crippen molar-refractivity contribution >= 4 is 11.3 Å². The molecule has 0 saturated heterocycles. The summed E-state index contributed by atoms with van der Waals surface area (Å²) in [5.41, 5.74) is 1.14. The maximum absolute atomic E-state index is 5.55. The van der Waals surface area contributed by atoms with Crippen LogP contribution >= 0.6 is 11.3 Å². The number of ether oxygens (including phenoxy) is 1. The van der Waals surface area contributed by atoms with Gasteiger partial charge in [-0.05, 0) is 31.9 Å². The Bertz CT molecular complexity index is 576. The Morgan fingerprint density at radius 1 is 1.33 bits per heavy atom. The first-order valence-electron chi connectivity index (χ1n) is 7.76. The average molecular weight is 302 g/mol. The van der Waals surface area contributed by atoms with Gasteiger partial charge in [-0.25, -0.2) is 4.98 Å². The van der Waals surface area contributed by atoms with Gasteiger partial charge in [0.15, 0.2) is 0 Å². The van der Waals surface area contributed by atoms with Crippen LogP contribution in [0.15, 0.2) is 30.5 Å². The lowest BCUT2D eigenvalue weighted by molar-refractivity contribution is 0.340. The summed E-state index contributed by atoms with van der Waals surface area (Å²) in [5.74, 6) is 0.913. The fourth-order valence-electron chi connectivity index (χ4n) is 2.78. The van der Waals surface area contributed by atoms with Gasteiger partial charge in [0.2, 0.25) is 0 Å². The van der Waals surface area contributed by atoms with E-state index in [1.807, 2.05) is 25.3 Å². The van der Waals surface area contributed by atoms with Gasteiger partial charge in [0.1, 0.15) is 10.8 Å². The number of nitrogens with zero attached hydrogens (tertiary/aromatic N) is 1. The Morgan fingerprint density at radius 2 is 2.19 bits per heavy atom. The van der Waals surface area contributed by atoms with E-state index >= 15 is 0 Å². The highest BCUT2D eigenvalue weighted by molar-refractivity contribution is 7.15. The summed E-state index contributed by atoms with van der Waals surface area (Å²) in [4.78, 5) is 5.86. The molecule has 1 aliphatic rings. The summed E-state index contributed by atoms with van der Waals surface area (Å²) in [7, 11) is 0. The van der Waals surface area contributed by atoms with Crippen molar-refractivity contribution in [2.24, 2.45) is 0 Å². The van der Waals surface area contributed by atoms with Crippen molar-refractivity contribution in [3.8, 4) is 16.3 Å². The average Bonchev–Trinajstić information content (AvgIpc) is 3.17. The zero-order valence-electron chi connectivity index (χ0n) is 12.5. The van der Waals surface area contributed by atoms with E-state index in [0.717, 1.165) is 22.9 Å². The summed E-state index contributed by atoms with van der Waals surface area (Å²) < 4.78 is 5.55. The molecule has 1 aromatic carbocycles. The highest BCUT2D eigenvalue weighted by Gasteiger charge is 2.14. The minimum Gasteiger partial charge on any atom is -0.494 e. The Labute approximate surface area is 130 Å². The number of aromatic nitrogens is 1. The molecule has 0 radical (unpaired) electrons. The van der Waals surface area contributed by atoms with E-state index < -0.39 is 0 Å². The molecule has 3 nitrogen and oxygen atoms in total. The van der Waals surface area contributed by atoms with Gasteiger partial charge in [-0.1, -0.05) is 25.0 Å². The molecule has 1 heterocycles. The fraction of sp³-hybridized carbons (Fsp3) is 0.471. The quantitative estimate of drug-likeness (QED) is 0.866. The Kier molecular flexibility index (Phi) is 4.88. The Morgan fingerprint density at radius 3 is 3.00 bits per heavy atom. The van der Waals surface area contributed by atoms with Crippen LogP contribution in [0, 0.1) is 0 Å². The number of hydrogen-bond donors (Lipinski definition) is 1. The molecular formula is C17H22N2OS. The number of nitrogens with one attached hydrogen (secondary N) is 1. The molecule has 21 heavy (non-hydrogen) atoms. The molecule has 3 rings (SSSR count). The summed E-state index contributed by atoms with van der Waals surface area (Å²) in [6.45, 7) is 3.63. The molecule has 1 saturated carbocycles. The third-order valence-electron chi connectivity index (χ3n) is 3.87. The van der Waals surface area contributed by atoms with Crippen LogP contribution in [-0.4, -0.2) is 17.6 Å². The van der Waals surface area contributed by atoms with Crippen LogP contribution in [-0.2, 0) is 6.54 Å². The minimum atomic E-state index is 0.692. The van der Waals surface area contributed by atoms with Crippen LogP contribution in [0.25, 0.3) is 10.6 Å². The first-order valence-corrected chi connectivity index (χ1v) is 8.58. The maximum Gasteiger partial charge on any atom is 0.123 e. The zero-order chi connectivity index (χ0) is 14.5. The van der Waals surface area contributed by atoms with E-state index in [0.29, 0.717) is 12.6 Å². The number of benzene rings is 1. The van der Waals surface area contributed by atoms with Gasteiger partial charge in [-0.3, -0.25) is 0 Å². The third kappa shape index (κ3) is 3.83. The van der Waals surface area contributed by atoms with E-state index in [1.165, 1.54) is 30.6 Å². The molecule has 0 bridgehead atoms. The van der Waals surface area contributed by atoms with Gasteiger partial charge < -0.3 is 10.1 Å². The SMILES string of the molecule is CCOc1cccc(-c2ncc(CNC3CCCC3)s2)c1. The summed E-state index contributed by atoms with van der Waals surface area (Å²) in [6.07, 6.45) is 7.38. The second kappa shape index (κ2) is 7.05. The van der Waals surface area contributed by atoms with Crippen LogP contribution in [0.4, 0.5) is 0 Å². The molecule has 0 atom stereocenters. The monoisotopic (exact) mass is 302 g/mol. The van der Waals surface area contributed by atoms with Crippen molar-refractivity contribution in [2.45, 2.75) is 45.2 Å². The van der Waals surface area contributed by atoms with Gasteiger partial charge in [-0.2, -0.15) is 0 Å². The molecule has 112 valence electrons. The molecule has 1 N–H and O–H groups in total. The van der Waals surface area contributed by atoms with Gasteiger partial charge in [0, 0.05) is 29.2 Å². The maximum atomic E-state index is 5.55. The van der Waals surface area contributed by atoms with E-state index in [1.54, 1.807) is 11.3 Å². The van der Waals surface area contributed by atoms with Crippen molar-refractivity contribution < 1.29 is 4.74 Å². The van der Waals surface area contributed by atoms with Crippen LogP contribution in [0.3, 0.4) is 0 Å². The Balaban J connectivity index is 1.64. The highest BCUT2D eigenvalue weighted by Crippen LogP contribution is 2.28. The molecule has 1 aliphatic carbocycles. The van der Waals surface area contributed by atoms with E-state index in [2.05, 4.69) is 22.4 Å². The molecular weight excluding hydrogens is 280 g/mol. The molecule has 1 aromatic heterocycles. The van der Waals surface area contributed by atoms with Crippen LogP contribution in [0.1, 0.15) is 37.5 Å². The fourth-order valence-corrected chi connectivity index (χ4v) is 3.64. The third-order valence-corrected chi connectivity index (χ3v) is 4.91. The van der Waals surface area contributed by atoms with Crippen molar-refractivity contribution in [1.82, 2.24) is 10.3 Å². The molecule has 1 fully saturated rings. The van der Waals surface area contributed by atoms with Gasteiger partial charge >= 0.3 is 0 Å². The van der Waals surface area contributed by atoms with Crippen molar-refractivity contribution in [1.29, 1.82) is 0 Å². The molecule has 0 unspecified atom stereocenters. The second-order valence-electron chi connectivity index (χ2n) is 5.45. The smallest absolute Gasteiger partial charge is 0.123 e. The number of rotatable bonds is 6. The first kappa shape index (κ1) is 14.5. The molecule has 0 spiro atoms. The summed E-state index contributed by atoms with van der Waals surface area (Å²) in [5, 5.41) is 4.71. The number of hydrogen-bond acceptors (Lipinski definition) is 4. The molecule has 0 aliphatic heterocycles. The van der Waals surface area contributed by atoms with Crippen molar-refractivity contribution in [3.05, 3.63) is 35.3 Å². The molecule has 4 heteroatoms. The lowest BCUT2D eigenvalue weighted by Gasteiger charge is -2.09. The van der Waals surface area contributed by atoms with E-state index in [9.17, 15) is 0 Å². The molecule has 0 amide bonds. The Hall–Kier alpha value is -1.39. The predicted octanol–water partition coefficient (Wildman–Crippen LogP) is 4.24. The zero-order valence-corrected chi connectivity index (χ0v) is 13.3. The van der Waals surface area contributed by atoms with E-state index in [-0.39, 0.29) is 0 Å². The van der Waals surface area contributed by atoms with Gasteiger partial charge in [0.05, 0.1) is 6.61 Å². The lowest BCUT2D eigenvalue weighted by Crippen LogP contribution is -2.24. The van der Waals surface area contributed by atoms with E-state index in [4.69, 9.17) is 4.74 Å². The summed E-state index contributed by atoms with van der Waals surface area (Å²) in [6, 6.07) is 8.88. The normalized spacial score (nSPS) is 15.5. The predicted molar refractivity (Wildman–Crippen MR) is 87.8 cm³/mol. The first-order chi connectivity index (χ1) is 10.3. The standard InChI is InChI=1S/C17H22N2OS/c1-2-20-15-9-5-6-13(10-15)17-19-12-16(21-17)11-18-14-7-3-4-8-14/h5-6,9-10,12,14,18H,2-4,7-8,11H2,1H3. The van der Waals surface area contributed by atoms with Crippen LogP contribution < -0.4 is 10.1 Å². The second-order valence-corrected chi connectivity index (χ2v) is 6.57. The minimum absolute atomic E-state index is 0.692.